The number of halogens is 1. The van der Waals surface area contributed by atoms with Gasteiger partial charge in [-0.1, -0.05) is 47.5 Å². The number of rotatable bonds is 8. The maximum absolute atomic E-state index is 6.92. The molecule has 1 fully saturated rings. The van der Waals surface area contributed by atoms with Crippen molar-refractivity contribution in [1.29, 1.82) is 0 Å². The third kappa shape index (κ3) is 6.98. The van der Waals surface area contributed by atoms with Crippen LogP contribution in [0.4, 0.5) is 5.95 Å². The van der Waals surface area contributed by atoms with Crippen LogP contribution < -0.4 is 5.73 Å². The molecule has 1 saturated heterocycles. The van der Waals surface area contributed by atoms with E-state index in [9.17, 15) is 0 Å². The van der Waals surface area contributed by atoms with E-state index < -0.39 is 16.6 Å². The van der Waals surface area contributed by atoms with Crippen LogP contribution in [-0.2, 0) is 13.6 Å². The molecule has 0 aliphatic carbocycles. The highest BCUT2D eigenvalue weighted by molar-refractivity contribution is 6.74. The number of nitrogen functional groups attached to an aromatic ring is 1. The number of alkyl halides is 1. The highest BCUT2D eigenvalue weighted by atomic mass is 35.5. The average molecular weight is 580 g/mol. The zero-order valence-electron chi connectivity index (χ0n) is 24.8. The van der Waals surface area contributed by atoms with E-state index in [0.29, 0.717) is 42.2 Å². The lowest BCUT2D eigenvalue weighted by Crippen LogP contribution is -2.48. The quantitative estimate of drug-likeness (QED) is 0.165. The van der Waals surface area contributed by atoms with Gasteiger partial charge in [0.25, 0.3) is 0 Å². The van der Waals surface area contributed by atoms with Gasteiger partial charge in [0.1, 0.15) is 23.5 Å². The Labute approximate surface area is 235 Å². The van der Waals surface area contributed by atoms with Gasteiger partial charge < -0.3 is 19.3 Å². The monoisotopic (exact) mass is 579 g/mol. The molecule has 1 aliphatic heterocycles. The summed E-state index contributed by atoms with van der Waals surface area (Å²) < 4.78 is 22.1. The second-order valence-electron chi connectivity index (χ2n) is 13.2. The summed E-state index contributed by atoms with van der Waals surface area (Å²) in [7, 11) is -4.02. The van der Waals surface area contributed by atoms with Crippen LogP contribution in [0.15, 0.2) is 6.33 Å². The van der Waals surface area contributed by atoms with Gasteiger partial charge in [0, 0.05) is 18.7 Å². The van der Waals surface area contributed by atoms with Gasteiger partial charge in [0.05, 0.1) is 19.0 Å². The lowest BCUT2D eigenvalue weighted by Gasteiger charge is -2.40. The zero-order valence-corrected chi connectivity index (χ0v) is 27.6. The second-order valence-corrected chi connectivity index (χ2v) is 23.1. The van der Waals surface area contributed by atoms with Crippen LogP contribution in [0.3, 0.4) is 0 Å². The average Bonchev–Trinajstić information content (AvgIpc) is 3.37. The number of fused-ring (bicyclic) bond motifs is 1. The molecular formula is C27H46ClN5O3Si2. The summed E-state index contributed by atoms with van der Waals surface area (Å²) in [6, 6.07) is 0. The first-order chi connectivity index (χ1) is 17.5. The van der Waals surface area contributed by atoms with Gasteiger partial charge >= 0.3 is 0 Å². The van der Waals surface area contributed by atoms with Crippen molar-refractivity contribution in [3.05, 3.63) is 12.0 Å². The van der Waals surface area contributed by atoms with Gasteiger partial charge in [-0.25, -0.2) is 9.97 Å². The van der Waals surface area contributed by atoms with Gasteiger partial charge in [0.15, 0.2) is 22.3 Å². The summed E-state index contributed by atoms with van der Waals surface area (Å²) in [6.45, 7) is 23.1. The Balaban J connectivity index is 1.93. The molecule has 0 amide bonds. The largest absolute Gasteiger partial charge is 0.414 e. The van der Waals surface area contributed by atoms with Crippen LogP contribution in [0.5, 0.6) is 0 Å². The van der Waals surface area contributed by atoms with Gasteiger partial charge in [-0.2, -0.15) is 4.98 Å². The number of nitrogens with zero attached hydrogens (tertiary/aromatic N) is 4. The van der Waals surface area contributed by atoms with Crippen molar-refractivity contribution in [2.24, 2.45) is 0 Å². The van der Waals surface area contributed by atoms with Gasteiger partial charge in [-0.15, -0.1) is 11.6 Å². The molecule has 0 bridgehead atoms. The molecule has 3 rings (SSSR count). The van der Waals surface area contributed by atoms with Crippen LogP contribution in [0.1, 0.15) is 72.7 Å². The normalized spacial score (nSPS) is 21.1. The second kappa shape index (κ2) is 11.6. The van der Waals surface area contributed by atoms with Crippen LogP contribution >= 0.6 is 11.6 Å². The Morgan fingerprint density at radius 2 is 1.76 bits per heavy atom. The Morgan fingerprint density at radius 1 is 1.11 bits per heavy atom. The minimum absolute atomic E-state index is 0.0797. The Hall–Kier alpha value is -1.49. The SMILES string of the molecule is CC(C)(C)[Si](C)(C)OC[C@H]1O[C@@H](n2cnc3c(C#CCCCCl)nc(N)nc32)C[C@@H]1O[Si](C)(C)C(C)(C)C. The predicted octanol–water partition coefficient (Wildman–Crippen LogP) is 6.48. The molecule has 11 heteroatoms. The van der Waals surface area contributed by atoms with Gasteiger partial charge in [-0.3, -0.25) is 4.57 Å². The molecule has 0 unspecified atom stereocenters. The fourth-order valence-electron chi connectivity index (χ4n) is 3.74. The first kappa shape index (κ1) is 31.0. The number of nitrogens with two attached hydrogens (primary N) is 1. The summed E-state index contributed by atoms with van der Waals surface area (Å²) >= 11 is 5.78. The first-order valence-electron chi connectivity index (χ1n) is 13.5. The fraction of sp³-hybridized carbons (Fsp3) is 0.741. The lowest BCUT2D eigenvalue weighted by molar-refractivity contribution is -0.0383. The van der Waals surface area contributed by atoms with E-state index in [2.05, 4.69) is 94.5 Å². The molecule has 0 saturated carbocycles. The lowest BCUT2D eigenvalue weighted by atomic mass is 10.2. The van der Waals surface area contributed by atoms with Crippen molar-refractivity contribution in [2.45, 2.75) is 116 Å². The first-order valence-corrected chi connectivity index (χ1v) is 19.8. The molecule has 8 nitrogen and oxygen atoms in total. The fourth-order valence-corrected chi connectivity index (χ4v) is 6.25. The van der Waals surface area contributed by atoms with E-state index in [0.717, 1.165) is 6.42 Å². The molecule has 212 valence electrons. The molecule has 0 radical (unpaired) electrons. The van der Waals surface area contributed by atoms with Crippen LogP contribution in [0.2, 0.25) is 36.3 Å². The molecular weight excluding hydrogens is 534 g/mol. The van der Waals surface area contributed by atoms with Gasteiger partial charge in [-0.05, 0) is 48.6 Å². The van der Waals surface area contributed by atoms with E-state index >= 15 is 0 Å². The molecule has 1 aliphatic rings. The molecule has 0 spiro atoms. The van der Waals surface area contributed by atoms with Crippen LogP contribution in [-0.4, -0.2) is 60.8 Å². The van der Waals surface area contributed by atoms with Crippen molar-refractivity contribution in [2.75, 3.05) is 18.2 Å². The molecule has 2 N–H and O–H groups in total. The highest BCUT2D eigenvalue weighted by Crippen LogP contribution is 2.43. The van der Waals surface area contributed by atoms with Crippen molar-refractivity contribution in [1.82, 2.24) is 19.5 Å². The third-order valence-electron chi connectivity index (χ3n) is 8.24. The van der Waals surface area contributed by atoms with Gasteiger partial charge in [0.2, 0.25) is 5.95 Å². The third-order valence-corrected chi connectivity index (χ3v) is 17.5. The molecule has 3 heterocycles. The van der Waals surface area contributed by atoms with E-state index in [-0.39, 0.29) is 34.5 Å². The van der Waals surface area contributed by atoms with E-state index in [1.54, 1.807) is 6.33 Å². The molecule has 38 heavy (non-hydrogen) atoms. The van der Waals surface area contributed by atoms with Crippen molar-refractivity contribution in [3.63, 3.8) is 0 Å². The number of anilines is 1. The minimum Gasteiger partial charge on any atom is -0.414 e. The summed E-state index contributed by atoms with van der Waals surface area (Å²) in [5, 5.41) is 0.188. The van der Waals surface area contributed by atoms with Crippen molar-refractivity contribution < 1.29 is 13.6 Å². The summed E-state index contributed by atoms with van der Waals surface area (Å²) in [6.07, 6.45) is 3.30. The smallest absolute Gasteiger partial charge is 0.223 e. The van der Waals surface area contributed by atoms with E-state index in [1.165, 1.54) is 0 Å². The molecule has 2 aromatic heterocycles. The van der Waals surface area contributed by atoms with Crippen LogP contribution in [0, 0.1) is 11.8 Å². The Morgan fingerprint density at radius 3 is 2.37 bits per heavy atom. The minimum atomic E-state index is -2.05. The Kier molecular flexibility index (Phi) is 9.44. The van der Waals surface area contributed by atoms with E-state index in [1.807, 2.05) is 4.57 Å². The standard InChI is InChI=1S/C27H46ClN5O3Si2/c1-26(2,3)37(7,8)34-17-21-20(36-38(9,10)27(4,5)6)16-22(35-21)33-18-30-23-19(14-12-11-13-15-28)31-25(29)32-24(23)33/h18,20-22H,11,13,15-17H2,1-10H3,(H2,29,31,32)/t20-,21+,22+/m0/s1. The van der Waals surface area contributed by atoms with Crippen LogP contribution in [0.25, 0.3) is 11.2 Å². The topological polar surface area (TPSA) is 97.3 Å². The summed E-state index contributed by atoms with van der Waals surface area (Å²) in [4.78, 5) is 13.4. The molecule has 2 aromatic rings. The van der Waals surface area contributed by atoms with E-state index in [4.69, 9.17) is 30.9 Å². The van der Waals surface area contributed by atoms with Crippen molar-refractivity contribution >= 4 is 45.3 Å². The Bertz CT molecular complexity index is 1180. The highest BCUT2D eigenvalue weighted by Gasteiger charge is 2.46. The predicted molar refractivity (Wildman–Crippen MR) is 160 cm³/mol. The summed E-state index contributed by atoms with van der Waals surface area (Å²) in [5.41, 5.74) is 7.82. The van der Waals surface area contributed by atoms with Crippen molar-refractivity contribution in [3.8, 4) is 11.8 Å². The number of hydrogen-bond donors (Lipinski definition) is 1. The number of ether oxygens (including phenoxy) is 1. The number of aromatic nitrogens is 4. The molecule has 0 aromatic carbocycles. The molecule has 3 atom stereocenters. The maximum atomic E-state index is 6.92. The zero-order chi connectivity index (χ0) is 28.5. The summed E-state index contributed by atoms with van der Waals surface area (Å²) in [5.74, 6) is 6.93. The number of unbranched alkanes of at least 4 members (excludes halogenated alkanes) is 1. The maximum Gasteiger partial charge on any atom is 0.223 e. The number of imidazole rings is 1. The number of hydrogen-bond acceptors (Lipinski definition) is 7.